The molecule has 1 aliphatic heterocycles. The van der Waals surface area contributed by atoms with Crippen LogP contribution in [-0.2, 0) is 4.74 Å². The van der Waals surface area contributed by atoms with Crippen molar-refractivity contribution in [3.63, 3.8) is 0 Å². The van der Waals surface area contributed by atoms with E-state index in [1.165, 1.54) is 0 Å². The van der Waals surface area contributed by atoms with Crippen LogP contribution in [0.5, 0.6) is 17.8 Å². The molecule has 0 radical (unpaired) electrons. The third kappa shape index (κ3) is 5.88. The summed E-state index contributed by atoms with van der Waals surface area (Å²) < 4.78 is 16.6. The van der Waals surface area contributed by atoms with E-state index in [2.05, 4.69) is 42.3 Å². The van der Waals surface area contributed by atoms with Gasteiger partial charge in [0.1, 0.15) is 0 Å². The van der Waals surface area contributed by atoms with E-state index in [4.69, 9.17) is 14.2 Å². The third-order valence-corrected chi connectivity index (χ3v) is 3.98. The zero-order valence-electron chi connectivity index (χ0n) is 16.4. The normalized spacial score (nSPS) is 14.0. The Hall–Kier alpha value is -2.75. The second kappa shape index (κ2) is 10.5. The average molecular weight is 389 g/mol. The number of unbranched alkanes of at least 4 members (excludes halogenated alkanes) is 1. The van der Waals surface area contributed by atoms with Gasteiger partial charge in [-0.3, -0.25) is 0 Å². The van der Waals surface area contributed by atoms with Gasteiger partial charge in [-0.15, -0.1) is 10.2 Å². The number of rotatable bonds is 10. The number of morpholine rings is 1. The molecule has 1 aliphatic rings. The number of aromatic nitrogens is 5. The van der Waals surface area contributed by atoms with Crippen molar-refractivity contribution in [3.8, 4) is 17.8 Å². The van der Waals surface area contributed by atoms with Gasteiger partial charge in [0, 0.05) is 31.8 Å². The summed E-state index contributed by atoms with van der Waals surface area (Å²) in [4.78, 5) is 15.4. The molecule has 0 amide bonds. The highest BCUT2D eigenvalue weighted by Gasteiger charge is 2.17. The minimum atomic E-state index is 0.173. The largest absolute Gasteiger partial charge is 0.477 e. The summed E-state index contributed by atoms with van der Waals surface area (Å²) in [5, 5.41) is 11.2. The first-order chi connectivity index (χ1) is 13.8. The standard InChI is InChI=1S/C18H27N7O3/c1-3-5-8-19-16-20-17(25-9-12-26-13-10-25)22-18(21-16)28-15-7-6-14(23-24-15)27-11-4-2/h6-7H,3-5,8-13H2,1-2H3,(H,19,20,21,22). The van der Waals surface area contributed by atoms with Gasteiger partial charge in [-0.25, -0.2) is 0 Å². The van der Waals surface area contributed by atoms with E-state index in [9.17, 15) is 0 Å². The van der Waals surface area contributed by atoms with Crippen molar-refractivity contribution >= 4 is 11.9 Å². The van der Waals surface area contributed by atoms with Crippen LogP contribution in [0.25, 0.3) is 0 Å². The smallest absolute Gasteiger partial charge is 0.330 e. The highest BCUT2D eigenvalue weighted by molar-refractivity contribution is 5.39. The molecule has 1 saturated heterocycles. The van der Waals surface area contributed by atoms with Gasteiger partial charge in [-0.2, -0.15) is 15.0 Å². The Kier molecular flexibility index (Phi) is 7.53. The van der Waals surface area contributed by atoms with E-state index in [0.717, 1.165) is 38.9 Å². The van der Waals surface area contributed by atoms with Crippen LogP contribution < -0.4 is 19.7 Å². The highest BCUT2D eigenvalue weighted by atomic mass is 16.5. The second-order valence-corrected chi connectivity index (χ2v) is 6.28. The molecule has 152 valence electrons. The fourth-order valence-corrected chi connectivity index (χ4v) is 2.49. The fraction of sp³-hybridized carbons (Fsp3) is 0.611. The molecular formula is C18H27N7O3. The Bertz CT molecular complexity index is 724. The Morgan fingerprint density at radius 1 is 1.04 bits per heavy atom. The van der Waals surface area contributed by atoms with Crippen LogP contribution in [0, 0.1) is 0 Å². The zero-order valence-corrected chi connectivity index (χ0v) is 16.4. The lowest BCUT2D eigenvalue weighted by atomic mass is 10.3. The second-order valence-electron chi connectivity index (χ2n) is 6.28. The summed E-state index contributed by atoms with van der Waals surface area (Å²) in [6.07, 6.45) is 3.02. The fourth-order valence-electron chi connectivity index (χ4n) is 2.49. The molecule has 0 bridgehead atoms. The molecule has 1 fully saturated rings. The first kappa shape index (κ1) is 20.0. The van der Waals surface area contributed by atoms with Gasteiger partial charge in [0.2, 0.25) is 23.7 Å². The maximum absolute atomic E-state index is 5.73. The van der Waals surface area contributed by atoms with Crippen molar-refractivity contribution in [3.05, 3.63) is 12.1 Å². The summed E-state index contributed by atoms with van der Waals surface area (Å²) in [5.41, 5.74) is 0. The molecule has 3 rings (SSSR count). The average Bonchev–Trinajstić information content (AvgIpc) is 2.74. The van der Waals surface area contributed by atoms with Crippen molar-refractivity contribution in [1.82, 2.24) is 25.1 Å². The first-order valence-electron chi connectivity index (χ1n) is 9.75. The van der Waals surface area contributed by atoms with Crippen LogP contribution in [0.3, 0.4) is 0 Å². The lowest BCUT2D eigenvalue weighted by Gasteiger charge is -2.26. The zero-order chi connectivity index (χ0) is 19.6. The molecule has 0 atom stereocenters. The topological polar surface area (TPSA) is 107 Å². The van der Waals surface area contributed by atoms with Crippen LogP contribution in [0.4, 0.5) is 11.9 Å². The van der Waals surface area contributed by atoms with Crippen molar-refractivity contribution in [2.24, 2.45) is 0 Å². The molecule has 10 nitrogen and oxygen atoms in total. The Balaban J connectivity index is 1.74. The van der Waals surface area contributed by atoms with Gasteiger partial charge >= 0.3 is 6.01 Å². The van der Waals surface area contributed by atoms with Gasteiger partial charge in [0.25, 0.3) is 0 Å². The van der Waals surface area contributed by atoms with Crippen LogP contribution >= 0.6 is 0 Å². The number of nitrogens with zero attached hydrogens (tertiary/aromatic N) is 6. The molecular weight excluding hydrogens is 362 g/mol. The minimum absolute atomic E-state index is 0.173. The van der Waals surface area contributed by atoms with Gasteiger partial charge in [0.05, 0.1) is 19.8 Å². The third-order valence-electron chi connectivity index (χ3n) is 3.98. The van der Waals surface area contributed by atoms with Crippen LogP contribution in [-0.4, -0.2) is 64.6 Å². The van der Waals surface area contributed by atoms with Crippen LogP contribution in [0.1, 0.15) is 33.1 Å². The number of hydrogen-bond acceptors (Lipinski definition) is 10. The number of anilines is 2. The summed E-state index contributed by atoms with van der Waals surface area (Å²) in [6, 6.07) is 3.56. The van der Waals surface area contributed by atoms with Gasteiger partial charge in [0.15, 0.2) is 0 Å². The Labute approximate surface area is 164 Å². The van der Waals surface area contributed by atoms with Crippen molar-refractivity contribution in [1.29, 1.82) is 0 Å². The summed E-state index contributed by atoms with van der Waals surface area (Å²) >= 11 is 0. The lowest BCUT2D eigenvalue weighted by Crippen LogP contribution is -2.37. The van der Waals surface area contributed by atoms with E-state index in [1.807, 2.05) is 6.92 Å². The van der Waals surface area contributed by atoms with Gasteiger partial charge in [-0.05, 0) is 12.8 Å². The van der Waals surface area contributed by atoms with E-state index in [0.29, 0.717) is 43.5 Å². The molecule has 3 heterocycles. The number of nitrogens with one attached hydrogen (secondary N) is 1. The molecule has 28 heavy (non-hydrogen) atoms. The molecule has 1 N–H and O–H groups in total. The van der Waals surface area contributed by atoms with Gasteiger partial charge in [-0.1, -0.05) is 20.3 Å². The van der Waals surface area contributed by atoms with Crippen molar-refractivity contribution < 1.29 is 14.2 Å². The molecule has 0 aliphatic carbocycles. The maximum atomic E-state index is 5.73. The predicted molar refractivity (Wildman–Crippen MR) is 104 cm³/mol. The SMILES string of the molecule is CCCCNc1nc(Oc2ccc(OCCC)nn2)nc(N2CCOCC2)n1. The predicted octanol–water partition coefficient (Wildman–Crippen LogP) is 2.29. The van der Waals surface area contributed by atoms with Crippen molar-refractivity contribution in [2.45, 2.75) is 33.1 Å². The van der Waals surface area contributed by atoms with E-state index in [1.54, 1.807) is 12.1 Å². The summed E-state index contributed by atoms with van der Waals surface area (Å²) in [5.74, 6) is 1.79. The van der Waals surface area contributed by atoms with Crippen LogP contribution in [0.2, 0.25) is 0 Å². The minimum Gasteiger partial charge on any atom is -0.477 e. The summed E-state index contributed by atoms with van der Waals surface area (Å²) in [7, 11) is 0. The van der Waals surface area contributed by atoms with Crippen molar-refractivity contribution in [2.75, 3.05) is 49.7 Å². The Morgan fingerprint density at radius 3 is 2.54 bits per heavy atom. The molecule has 0 spiro atoms. The van der Waals surface area contributed by atoms with Crippen LogP contribution in [0.15, 0.2) is 12.1 Å². The van der Waals surface area contributed by atoms with E-state index >= 15 is 0 Å². The molecule has 10 heteroatoms. The van der Waals surface area contributed by atoms with E-state index < -0.39 is 0 Å². The first-order valence-corrected chi connectivity index (χ1v) is 9.75. The number of ether oxygens (including phenoxy) is 3. The van der Waals surface area contributed by atoms with E-state index in [-0.39, 0.29) is 6.01 Å². The maximum Gasteiger partial charge on any atom is 0.330 e. The molecule has 0 unspecified atom stereocenters. The summed E-state index contributed by atoms with van der Waals surface area (Å²) in [6.45, 7) is 8.28. The molecule has 2 aromatic heterocycles. The number of hydrogen-bond donors (Lipinski definition) is 1. The van der Waals surface area contributed by atoms with Gasteiger partial charge < -0.3 is 24.4 Å². The highest BCUT2D eigenvalue weighted by Crippen LogP contribution is 2.21. The monoisotopic (exact) mass is 389 g/mol. The molecule has 2 aromatic rings. The molecule has 0 aromatic carbocycles. The lowest BCUT2D eigenvalue weighted by molar-refractivity contribution is 0.122. The quantitative estimate of drug-likeness (QED) is 0.608. The molecule has 0 saturated carbocycles. The Morgan fingerprint density at radius 2 is 1.82 bits per heavy atom.